The van der Waals surface area contributed by atoms with Gasteiger partial charge < -0.3 is 18.9 Å². The van der Waals surface area contributed by atoms with Crippen LogP contribution in [0.2, 0.25) is 0 Å². The SMILES string of the molecule is CC(=O)Oc1c(OC(C)=O)c(OC(C)=O)[c-](C)c1OC(C)=O.[Au+].c1ccc(P(c2ccccc2)c2ccccc2)cc1. The number of hydrogen-bond donors (Lipinski definition) is 0. The second-order valence-electron chi connectivity index (χ2n) is 8.66. The molecule has 0 bridgehead atoms. The normalized spacial score (nSPS) is 9.95. The van der Waals surface area contributed by atoms with Crippen LogP contribution in [0.25, 0.3) is 0 Å². The van der Waals surface area contributed by atoms with Gasteiger partial charge in [-0.3, -0.25) is 19.2 Å². The van der Waals surface area contributed by atoms with E-state index in [4.69, 9.17) is 18.9 Å². The molecule has 0 aromatic heterocycles. The third-order valence-corrected chi connectivity index (χ3v) is 7.77. The van der Waals surface area contributed by atoms with Gasteiger partial charge in [0.2, 0.25) is 0 Å². The Morgan fingerprint density at radius 3 is 1.00 bits per heavy atom. The Hall–Kier alpha value is -3.94. The summed E-state index contributed by atoms with van der Waals surface area (Å²) in [4.78, 5) is 44.8. The average Bonchev–Trinajstić information content (AvgIpc) is 3.14. The number of carbonyl (C=O) groups is 4. The first-order valence-electron chi connectivity index (χ1n) is 12.6. The molecule has 0 aliphatic rings. The number of rotatable bonds is 7. The van der Waals surface area contributed by atoms with Crippen molar-refractivity contribution in [1.29, 1.82) is 0 Å². The van der Waals surface area contributed by atoms with E-state index in [1.807, 2.05) is 0 Å². The first-order chi connectivity index (χ1) is 19.6. The summed E-state index contributed by atoms with van der Waals surface area (Å²) >= 11 is 0. The summed E-state index contributed by atoms with van der Waals surface area (Å²) < 4.78 is 19.8. The van der Waals surface area contributed by atoms with Gasteiger partial charge in [0.15, 0.2) is 0 Å². The second-order valence-corrected chi connectivity index (χ2v) is 10.9. The fraction of sp³-hybridized carbons (Fsp3) is 0.156. The summed E-state index contributed by atoms with van der Waals surface area (Å²) in [5.74, 6) is -3.76. The summed E-state index contributed by atoms with van der Waals surface area (Å²) in [6.45, 7) is 5.96. The van der Waals surface area contributed by atoms with E-state index in [0.717, 1.165) is 27.7 Å². The Bertz CT molecular complexity index is 1350. The van der Waals surface area contributed by atoms with E-state index >= 15 is 0 Å². The molecule has 0 spiro atoms. The molecule has 4 aromatic rings. The van der Waals surface area contributed by atoms with Crippen LogP contribution in [0, 0.1) is 6.92 Å². The van der Waals surface area contributed by atoms with Crippen LogP contribution in [0.1, 0.15) is 33.3 Å². The van der Waals surface area contributed by atoms with E-state index in [1.165, 1.54) is 22.8 Å². The zero-order valence-electron chi connectivity index (χ0n) is 23.7. The fourth-order valence-corrected chi connectivity index (χ4v) is 6.14. The molecule has 0 fully saturated rings. The maximum atomic E-state index is 11.2. The number of hydrogen-bond acceptors (Lipinski definition) is 8. The molecule has 0 heterocycles. The molecular formula is C32H30AuO8P. The molecule has 0 aliphatic carbocycles. The monoisotopic (exact) mass is 770 g/mol. The Morgan fingerprint density at radius 1 is 0.500 bits per heavy atom. The van der Waals surface area contributed by atoms with E-state index in [9.17, 15) is 19.2 Å². The van der Waals surface area contributed by atoms with E-state index < -0.39 is 31.8 Å². The van der Waals surface area contributed by atoms with Crippen molar-refractivity contribution in [2.45, 2.75) is 34.6 Å². The predicted octanol–water partition coefficient (Wildman–Crippen LogP) is 4.86. The van der Waals surface area contributed by atoms with Gasteiger partial charge in [-0.2, -0.15) is 0 Å². The number of esters is 4. The molecule has 4 rings (SSSR count). The molecule has 0 aliphatic heterocycles. The van der Waals surface area contributed by atoms with Gasteiger partial charge in [0.1, 0.15) is 0 Å². The summed E-state index contributed by atoms with van der Waals surface area (Å²) in [6.07, 6.45) is 0. The zero-order valence-corrected chi connectivity index (χ0v) is 26.7. The topological polar surface area (TPSA) is 105 Å². The van der Waals surface area contributed by atoms with Crippen molar-refractivity contribution in [1.82, 2.24) is 0 Å². The van der Waals surface area contributed by atoms with Gasteiger partial charge in [-0.1, -0.05) is 103 Å². The molecule has 0 N–H and O–H groups in total. The van der Waals surface area contributed by atoms with Crippen LogP contribution >= 0.6 is 7.92 Å². The van der Waals surface area contributed by atoms with Crippen molar-refractivity contribution < 1.29 is 60.5 Å². The van der Waals surface area contributed by atoms with Crippen LogP contribution in [0.3, 0.4) is 0 Å². The second kappa shape index (κ2) is 16.5. The van der Waals surface area contributed by atoms with Crippen LogP contribution in [0.15, 0.2) is 91.0 Å². The Morgan fingerprint density at radius 2 is 0.762 bits per heavy atom. The zero-order chi connectivity index (χ0) is 29.9. The van der Waals surface area contributed by atoms with Gasteiger partial charge in [-0.25, -0.2) is 0 Å². The number of ether oxygens (including phenoxy) is 4. The van der Waals surface area contributed by atoms with Crippen LogP contribution in [-0.2, 0) is 41.6 Å². The molecule has 10 heteroatoms. The van der Waals surface area contributed by atoms with Gasteiger partial charge in [0, 0.05) is 27.7 Å². The number of carbonyl (C=O) groups excluding carboxylic acids is 4. The van der Waals surface area contributed by atoms with Crippen molar-refractivity contribution in [3.63, 3.8) is 0 Å². The van der Waals surface area contributed by atoms with Crippen LogP contribution in [-0.4, -0.2) is 23.9 Å². The summed E-state index contributed by atoms with van der Waals surface area (Å²) in [5.41, 5.74) is 0.179. The molecule has 0 unspecified atom stereocenters. The Labute approximate surface area is 261 Å². The van der Waals surface area contributed by atoms with Gasteiger partial charge in [0.25, 0.3) is 11.9 Å². The van der Waals surface area contributed by atoms with Gasteiger partial charge in [-0.15, -0.1) is 0 Å². The van der Waals surface area contributed by atoms with E-state index in [2.05, 4.69) is 91.0 Å². The first-order valence-corrected chi connectivity index (χ1v) is 13.9. The fourth-order valence-electron chi connectivity index (χ4n) is 3.83. The van der Waals surface area contributed by atoms with Gasteiger partial charge in [-0.05, 0) is 23.8 Å². The molecule has 0 amide bonds. The molecule has 0 saturated heterocycles. The molecule has 0 saturated carbocycles. The van der Waals surface area contributed by atoms with Crippen molar-refractivity contribution in [3.05, 3.63) is 96.6 Å². The van der Waals surface area contributed by atoms with Crippen molar-refractivity contribution in [3.8, 4) is 23.0 Å². The summed E-state index contributed by atoms with van der Waals surface area (Å²) in [5, 5.41) is 4.19. The van der Waals surface area contributed by atoms with Gasteiger partial charge >= 0.3 is 34.3 Å². The maximum Gasteiger partial charge on any atom is 1.00 e. The minimum Gasteiger partial charge on any atom is -0.495 e. The molecule has 8 nitrogen and oxygen atoms in total. The molecule has 4 aromatic carbocycles. The number of benzene rings is 3. The molecular weight excluding hydrogens is 740 g/mol. The molecule has 222 valence electrons. The minimum atomic E-state index is -0.735. The van der Waals surface area contributed by atoms with Gasteiger partial charge in [0.05, 0.1) is 23.0 Å². The summed E-state index contributed by atoms with van der Waals surface area (Å²) in [7, 11) is -0.446. The van der Waals surface area contributed by atoms with Crippen molar-refractivity contribution in [2.75, 3.05) is 0 Å². The Balaban J connectivity index is 0.000000289. The van der Waals surface area contributed by atoms with Crippen molar-refractivity contribution in [2.24, 2.45) is 0 Å². The quantitative estimate of drug-likeness (QED) is 0.114. The molecule has 0 atom stereocenters. The van der Waals surface area contributed by atoms with Crippen LogP contribution in [0.4, 0.5) is 0 Å². The van der Waals surface area contributed by atoms with Crippen molar-refractivity contribution >= 4 is 47.7 Å². The predicted molar refractivity (Wildman–Crippen MR) is 157 cm³/mol. The third-order valence-electron chi connectivity index (χ3n) is 5.33. The van der Waals surface area contributed by atoms with E-state index in [-0.39, 0.29) is 50.9 Å². The minimum absolute atomic E-state index is 0. The average molecular weight is 771 g/mol. The third kappa shape index (κ3) is 9.57. The maximum absolute atomic E-state index is 11.2. The standard InChI is InChI=1S/C18H15P.C14H15O8.Au/c1-4-10-16(11-5-1)19(17-12-6-2-7-13-17)18-14-8-3-9-15-18;1-6-11(19-7(2)15)13(21-9(4)17)14(22-10(5)18)12(6)20-8(3)16;/h1-15H;1-5H3;/q;-1;+1. The van der Waals surface area contributed by atoms with E-state index in [0.29, 0.717) is 0 Å². The first kappa shape index (κ1) is 34.3. The Kier molecular flexibility index (Phi) is 13.5. The molecule has 42 heavy (non-hydrogen) atoms. The smallest absolute Gasteiger partial charge is 0.495 e. The molecule has 0 radical (unpaired) electrons. The summed E-state index contributed by atoms with van der Waals surface area (Å²) in [6, 6.07) is 32.3. The van der Waals surface area contributed by atoms with Crippen LogP contribution in [0.5, 0.6) is 23.0 Å². The largest absolute Gasteiger partial charge is 1.00 e. The van der Waals surface area contributed by atoms with Crippen LogP contribution < -0.4 is 34.9 Å². The van der Waals surface area contributed by atoms with E-state index in [1.54, 1.807) is 0 Å².